The Kier molecular flexibility index (Phi) is 3.71. The van der Waals surface area contributed by atoms with E-state index < -0.39 is 5.82 Å². The third-order valence-electron chi connectivity index (χ3n) is 3.70. The zero-order valence-corrected chi connectivity index (χ0v) is 11.3. The van der Waals surface area contributed by atoms with Gasteiger partial charge in [-0.15, -0.1) is 0 Å². The molecule has 1 aromatic carbocycles. The van der Waals surface area contributed by atoms with Gasteiger partial charge in [0.25, 0.3) is 0 Å². The highest BCUT2D eigenvalue weighted by molar-refractivity contribution is 6.31. The fraction of sp³-hybridized carbons (Fsp3) is 0.500. The molecule has 1 aliphatic rings. The molecule has 2 heterocycles. The van der Waals surface area contributed by atoms with Crippen molar-refractivity contribution < 1.29 is 8.81 Å². The van der Waals surface area contributed by atoms with Crippen LogP contribution >= 0.6 is 11.6 Å². The lowest BCUT2D eigenvalue weighted by atomic mass is 9.93. The van der Waals surface area contributed by atoms with Crippen LogP contribution in [0.15, 0.2) is 16.5 Å². The van der Waals surface area contributed by atoms with Crippen LogP contribution in [0.2, 0.25) is 5.02 Å². The Balaban J connectivity index is 1.70. The molecule has 5 heteroatoms. The normalized spacial score (nSPS) is 17.2. The van der Waals surface area contributed by atoms with Gasteiger partial charge in [0.2, 0.25) is 0 Å². The maximum Gasteiger partial charge on any atom is 0.195 e. The lowest BCUT2D eigenvalue weighted by molar-refractivity contribution is 0.343. The summed E-state index contributed by atoms with van der Waals surface area (Å²) >= 11 is 5.73. The van der Waals surface area contributed by atoms with Crippen molar-refractivity contribution in [3.05, 3.63) is 28.9 Å². The van der Waals surface area contributed by atoms with Gasteiger partial charge in [-0.1, -0.05) is 11.6 Å². The van der Waals surface area contributed by atoms with Crippen LogP contribution in [0.3, 0.4) is 0 Å². The molecule has 0 atom stereocenters. The van der Waals surface area contributed by atoms with Crippen molar-refractivity contribution in [3.63, 3.8) is 0 Å². The van der Waals surface area contributed by atoms with Crippen LogP contribution in [0.25, 0.3) is 11.1 Å². The summed E-state index contributed by atoms with van der Waals surface area (Å²) in [6.07, 6.45) is 4.30. The number of rotatable bonds is 3. The zero-order valence-electron chi connectivity index (χ0n) is 10.6. The molecule has 1 fully saturated rings. The first-order chi connectivity index (χ1) is 9.22. The van der Waals surface area contributed by atoms with Crippen molar-refractivity contribution in [2.75, 3.05) is 13.1 Å². The SMILES string of the molecule is Fc1cc2oc(CCC3CCNCC3)nc2cc1Cl. The van der Waals surface area contributed by atoms with Crippen molar-refractivity contribution in [2.45, 2.75) is 25.7 Å². The van der Waals surface area contributed by atoms with E-state index in [-0.39, 0.29) is 5.02 Å². The molecule has 0 unspecified atom stereocenters. The number of nitrogens with zero attached hydrogens (tertiary/aromatic N) is 1. The van der Waals surface area contributed by atoms with Gasteiger partial charge in [-0.25, -0.2) is 9.37 Å². The molecule has 3 rings (SSSR count). The molecule has 0 spiro atoms. The van der Waals surface area contributed by atoms with E-state index in [1.54, 1.807) is 0 Å². The number of benzene rings is 1. The second-order valence-corrected chi connectivity index (χ2v) is 5.48. The van der Waals surface area contributed by atoms with Crippen LogP contribution in [-0.2, 0) is 6.42 Å². The summed E-state index contributed by atoms with van der Waals surface area (Å²) in [7, 11) is 0. The molecule has 1 saturated heterocycles. The number of nitrogens with one attached hydrogen (secondary N) is 1. The molecule has 0 aliphatic carbocycles. The first-order valence-corrected chi connectivity index (χ1v) is 7.05. The molecular formula is C14H16ClFN2O. The average Bonchev–Trinajstić information content (AvgIpc) is 2.80. The van der Waals surface area contributed by atoms with E-state index in [1.807, 2.05) is 0 Å². The van der Waals surface area contributed by atoms with E-state index in [0.29, 0.717) is 17.0 Å². The highest BCUT2D eigenvalue weighted by Crippen LogP contribution is 2.25. The van der Waals surface area contributed by atoms with E-state index in [9.17, 15) is 4.39 Å². The van der Waals surface area contributed by atoms with Crippen LogP contribution < -0.4 is 5.32 Å². The third-order valence-corrected chi connectivity index (χ3v) is 3.99. The number of piperidine rings is 1. The summed E-state index contributed by atoms with van der Waals surface area (Å²) in [5.74, 6) is 0.946. The van der Waals surface area contributed by atoms with Crippen LogP contribution in [-0.4, -0.2) is 18.1 Å². The first-order valence-electron chi connectivity index (χ1n) is 6.67. The topological polar surface area (TPSA) is 38.1 Å². The number of aryl methyl sites for hydroxylation is 1. The fourth-order valence-electron chi connectivity index (χ4n) is 2.58. The number of hydrogen-bond donors (Lipinski definition) is 1. The maximum atomic E-state index is 13.3. The number of hydrogen-bond acceptors (Lipinski definition) is 3. The Morgan fingerprint density at radius 2 is 2.16 bits per heavy atom. The predicted molar refractivity (Wildman–Crippen MR) is 72.9 cm³/mol. The lowest BCUT2D eigenvalue weighted by Gasteiger charge is -2.21. The summed E-state index contributed by atoms with van der Waals surface area (Å²) < 4.78 is 18.9. The van der Waals surface area contributed by atoms with Crippen molar-refractivity contribution in [1.82, 2.24) is 10.3 Å². The Bertz CT molecular complexity index is 539. The molecule has 102 valence electrons. The third kappa shape index (κ3) is 2.90. The fourth-order valence-corrected chi connectivity index (χ4v) is 2.73. The van der Waals surface area contributed by atoms with E-state index in [1.165, 1.54) is 25.0 Å². The quantitative estimate of drug-likeness (QED) is 0.935. The molecule has 0 bridgehead atoms. The Labute approximate surface area is 116 Å². The van der Waals surface area contributed by atoms with Gasteiger partial charge < -0.3 is 9.73 Å². The smallest absolute Gasteiger partial charge is 0.195 e. The minimum atomic E-state index is -0.463. The van der Waals surface area contributed by atoms with Crippen LogP contribution in [0.4, 0.5) is 4.39 Å². The van der Waals surface area contributed by atoms with E-state index in [2.05, 4.69) is 10.3 Å². The molecule has 19 heavy (non-hydrogen) atoms. The average molecular weight is 283 g/mol. The van der Waals surface area contributed by atoms with Gasteiger partial charge in [-0.3, -0.25) is 0 Å². The molecule has 3 nitrogen and oxygen atoms in total. The van der Waals surface area contributed by atoms with Crippen LogP contribution in [0.5, 0.6) is 0 Å². The van der Waals surface area contributed by atoms with Crippen molar-refractivity contribution in [2.24, 2.45) is 5.92 Å². The summed E-state index contributed by atoms with van der Waals surface area (Å²) in [5.41, 5.74) is 1.11. The highest BCUT2D eigenvalue weighted by atomic mass is 35.5. The van der Waals surface area contributed by atoms with Gasteiger partial charge in [-0.05, 0) is 44.3 Å². The van der Waals surface area contributed by atoms with Gasteiger partial charge in [0.1, 0.15) is 11.3 Å². The molecule has 0 saturated carbocycles. The number of fused-ring (bicyclic) bond motifs is 1. The predicted octanol–water partition coefficient (Wildman–Crippen LogP) is 3.55. The lowest BCUT2D eigenvalue weighted by Crippen LogP contribution is -2.27. The molecule has 1 aliphatic heterocycles. The van der Waals surface area contributed by atoms with E-state index >= 15 is 0 Å². The van der Waals surface area contributed by atoms with Crippen LogP contribution in [0.1, 0.15) is 25.2 Å². The minimum Gasteiger partial charge on any atom is -0.441 e. The Morgan fingerprint density at radius 1 is 1.37 bits per heavy atom. The van der Waals surface area contributed by atoms with Gasteiger partial charge in [0, 0.05) is 12.5 Å². The molecule has 2 aromatic rings. The van der Waals surface area contributed by atoms with Crippen molar-refractivity contribution >= 4 is 22.7 Å². The van der Waals surface area contributed by atoms with Crippen molar-refractivity contribution in [1.29, 1.82) is 0 Å². The maximum absolute atomic E-state index is 13.3. The summed E-state index contributed by atoms with van der Waals surface area (Å²) in [4.78, 5) is 4.37. The molecule has 1 aromatic heterocycles. The van der Waals surface area contributed by atoms with Gasteiger partial charge in [-0.2, -0.15) is 0 Å². The van der Waals surface area contributed by atoms with Crippen LogP contribution in [0, 0.1) is 11.7 Å². The Morgan fingerprint density at radius 3 is 2.95 bits per heavy atom. The summed E-state index contributed by atoms with van der Waals surface area (Å²) in [5, 5.41) is 3.44. The summed E-state index contributed by atoms with van der Waals surface area (Å²) in [6.45, 7) is 2.19. The second-order valence-electron chi connectivity index (χ2n) is 5.07. The minimum absolute atomic E-state index is 0.0886. The van der Waals surface area contributed by atoms with Gasteiger partial charge in [0.05, 0.1) is 5.02 Å². The van der Waals surface area contributed by atoms with E-state index in [0.717, 1.165) is 31.8 Å². The molecule has 1 N–H and O–H groups in total. The number of halogens is 2. The van der Waals surface area contributed by atoms with Gasteiger partial charge in [0.15, 0.2) is 11.5 Å². The second kappa shape index (κ2) is 5.47. The summed E-state index contributed by atoms with van der Waals surface area (Å²) in [6, 6.07) is 2.82. The Hall–Kier alpha value is -1.13. The number of aromatic nitrogens is 1. The highest BCUT2D eigenvalue weighted by Gasteiger charge is 2.15. The molecule has 0 amide bonds. The van der Waals surface area contributed by atoms with Crippen molar-refractivity contribution in [3.8, 4) is 0 Å². The van der Waals surface area contributed by atoms with Gasteiger partial charge >= 0.3 is 0 Å². The number of oxazole rings is 1. The standard InChI is InChI=1S/C14H16ClFN2O/c15-10-7-12-13(8-11(10)16)19-14(18-12)2-1-9-3-5-17-6-4-9/h7-9,17H,1-6H2. The largest absolute Gasteiger partial charge is 0.441 e. The molecule has 0 radical (unpaired) electrons. The van der Waals surface area contributed by atoms with E-state index in [4.69, 9.17) is 16.0 Å². The first kappa shape index (κ1) is 12.9. The monoisotopic (exact) mass is 282 g/mol. The zero-order chi connectivity index (χ0) is 13.2. The molecular weight excluding hydrogens is 267 g/mol.